The number of morpholine rings is 1. The number of hydrogen-bond donors (Lipinski definition) is 1. The first-order valence-corrected chi connectivity index (χ1v) is 7.18. The molecule has 0 saturated carbocycles. The van der Waals surface area contributed by atoms with Crippen LogP contribution in [0.4, 0.5) is 11.5 Å². The van der Waals surface area contributed by atoms with E-state index in [0.717, 1.165) is 0 Å². The molecular formula is C15H23N3O3. The van der Waals surface area contributed by atoms with Crippen LogP contribution in [0.3, 0.4) is 0 Å². The highest BCUT2D eigenvalue weighted by molar-refractivity contribution is 5.95. The van der Waals surface area contributed by atoms with Crippen LogP contribution in [0, 0.1) is 0 Å². The van der Waals surface area contributed by atoms with Gasteiger partial charge in [-0.2, -0.15) is 0 Å². The molecule has 0 aliphatic carbocycles. The number of nitrogens with two attached hydrogens (primary N) is 1. The molecule has 1 atom stereocenters. The van der Waals surface area contributed by atoms with Gasteiger partial charge in [0.1, 0.15) is 11.4 Å². The van der Waals surface area contributed by atoms with Gasteiger partial charge in [0.15, 0.2) is 0 Å². The van der Waals surface area contributed by atoms with Crippen molar-refractivity contribution >= 4 is 17.5 Å². The summed E-state index contributed by atoms with van der Waals surface area (Å²) in [5.74, 6) is 0.204. The number of nitrogens with zero attached hydrogens (tertiary/aromatic N) is 2. The summed E-state index contributed by atoms with van der Waals surface area (Å²) < 4.78 is 11.0. The lowest BCUT2D eigenvalue weighted by molar-refractivity contribution is -0.0752. The van der Waals surface area contributed by atoms with E-state index in [9.17, 15) is 4.79 Å². The van der Waals surface area contributed by atoms with Crippen molar-refractivity contribution in [1.29, 1.82) is 0 Å². The van der Waals surface area contributed by atoms with Crippen LogP contribution in [-0.4, -0.2) is 42.4 Å². The second-order valence-electron chi connectivity index (χ2n) is 5.93. The highest BCUT2D eigenvalue weighted by Gasteiger charge is 2.33. The number of aromatic nitrogens is 1. The molecule has 116 valence electrons. The van der Waals surface area contributed by atoms with Crippen molar-refractivity contribution in [3.05, 3.63) is 17.8 Å². The lowest BCUT2D eigenvalue weighted by Gasteiger charge is -2.42. The van der Waals surface area contributed by atoms with Gasteiger partial charge < -0.3 is 20.1 Å². The lowest BCUT2D eigenvalue weighted by atomic mass is 10.0. The summed E-state index contributed by atoms with van der Waals surface area (Å²) in [5.41, 5.74) is 6.31. The van der Waals surface area contributed by atoms with E-state index in [2.05, 4.69) is 9.88 Å². The number of anilines is 2. The van der Waals surface area contributed by atoms with Crippen LogP contribution in [-0.2, 0) is 9.47 Å². The molecule has 0 aromatic carbocycles. The van der Waals surface area contributed by atoms with E-state index in [1.165, 1.54) is 0 Å². The molecule has 1 aromatic heterocycles. The molecule has 1 aliphatic rings. The predicted molar refractivity (Wildman–Crippen MR) is 81.4 cm³/mol. The zero-order chi connectivity index (χ0) is 15.6. The summed E-state index contributed by atoms with van der Waals surface area (Å²) in [6.07, 6.45) is 1.62. The van der Waals surface area contributed by atoms with E-state index in [1.807, 2.05) is 20.8 Å². The second-order valence-corrected chi connectivity index (χ2v) is 5.93. The molecule has 1 aromatic rings. The maximum Gasteiger partial charge on any atom is 0.341 e. The van der Waals surface area contributed by atoms with Gasteiger partial charge in [-0.05, 0) is 33.8 Å². The van der Waals surface area contributed by atoms with Crippen molar-refractivity contribution in [2.45, 2.75) is 39.4 Å². The van der Waals surface area contributed by atoms with Gasteiger partial charge in [0.25, 0.3) is 0 Å². The van der Waals surface area contributed by atoms with Crippen molar-refractivity contribution in [1.82, 2.24) is 4.98 Å². The fraction of sp³-hybridized carbons (Fsp3) is 0.600. The Morgan fingerprint density at radius 2 is 2.33 bits per heavy atom. The molecule has 1 fully saturated rings. The number of esters is 1. The number of pyridine rings is 1. The van der Waals surface area contributed by atoms with E-state index >= 15 is 0 Å². The van der Waals surface area contributed by atoms with Gasteiger partial charge in [0.05, 0.1) is 30.2 Å². The fourth-order valence-electron chi connectivity index (χ4n) is 2.70. The van der Waals surface area contributed by atoms with Crippen molar-refractivity contribution in [2.24, 2.45) is 0 Å². The molecule has 21 heavy (non-hydrogen) atoms. The highest BCUT2D eigenvalue weighted by Crippen LogP contribution is 2.28. The Bertz CT molecular complexity index is 531. The Morgan fingerprint density at radius 1 is 1.62 bits per heavy atom. The van der Waals surface area contributed by atoms with Gasteiger partial charge in [0.2, 0.25) is 0 Å². The zero-order valence-electron chi connectivity index (χ0n) is 13.0. The molecule has 1 aliphatic heterocycles. The maximum atomic E-state index is 12.1. The average molecular weight is 293 g/mol. The maximum absolute atomic E-state index is 12.1. The first-order chi connectivity index (χ1) is 9.82. The van der Waals surface area contributed by atoms with E-state index in [-0.39, 0.29) is 11.7 Å². The minimum absolute atomic E-state index is 0.0585. The van der Waals surface area contributed by atoms with Crippen LogP contribution in [0.25, 0.3) is 0 Å². The third-order valence-corrected chi connectivity index (χ3v) is 3.25. The van der Waals surface area contributed by atoms with E-state index in [4.69, 9.17) is 15.2 Å². The van der Waals surface area contributed by atoms with E-state index < -0.39 is 5.97 Å². The molecule has 2 rings (SSSR count). The molecule has 6 nitrogen and oxygen atoms in total. The van der Waals surface area contributed by atoms with Crippen molar-refractivity contribution in [3.8, 4) is 0 Å². The van der Waals surface area contributed by atoms with Gasteiger partial charge in [-0.25, -0.2) is 9.78 Å². The molecule has 0 spiro atoms. The summed E-state index contributed by atoms with van der Waals surface area (Å²) in [7, 11) is 0. The smallest absolute Gasteiger partial charge is 0.341 e. The number of carbonyl (C=O) groups excluding carboxylic acids is 1. The summed E-state index contributed by atoms with van der Waals surface area (Å²) in [6, 6.07) is 1.62. The van der Waals surface area contributed by atoms with Crippen molar-refractivity contribution in [2.75, 3.05) is 30.3 Å². The second kappa shape index (κ2) is 5.89. The van der Waals surface area contributed by atoms with Crippen LogP contribution in [0.15, 0.2) is 12.3 Å². The van der Waals surface area contributed by atoms with Gasteiger partial charge in [0, 0.05) is 13.1 Å². The number of nitrogen functional groups attached to an aromatic ring is 1. The van der Waals surface area contributed by atoms with Crippen molar-refractivity contribution < 1.29 is 14.3 Å². The highest BCUT2D eigenvalue weighted by atomic mass is 16.5. The predicted octanol–water partition coefficient (Wildman–Crippen LogP) is 1.84. The first-order valence-electron chi connectivity index (χ1n) is 7.18. The number of carbonyl (C=O) groups is 1. The van der Waals surface area contributed by atoms with Crippen LogP contribution in [0.5, 0.6) is 0 Å². The number of hydrogen-bond acceptors (Lipinski definition) is 6. The average Bonchev–Trinajstić information content (AvgIpc) is 2.36. The Hall–Kier alpha value is -1.82. The number of ether oxygens (including phenoxy) is 2. The molecule has 0 amide bonds. The largest absolute Gasteiger partial charge is 0.462 e. The Labute approximate surface area is 125 Å². The summed E-state index contributed by atoms with van der Waals surface area (Å²) in [6.45, 7) is 9.48. The van der Waals surface area contributed by atoms with E-state index in [0.29, 0.717) is 36.8 Å². The van der Waals surface area contributed by atoms with Crippen LogP contribution in [0.1, 0.15) is 38.1 Å². The normalized spacial score (nSPS) is 21.1. The fourth-order valence-corrected chi connectivity index (χ4v) is 2.70. The third kappa shape index (κ3) is 3.64. The minimum atomic E-state index is -0.399. The molecule has 0 radical (unpaired) electrons. The Morgan fingerprint density at radius 3 is 2.95 bits per heavy atom. The summed E-state index contributed by atoms with van der Waals surface area (Å²) >= 11 is 0. The van der Waals surface area contributed by atoms with Gasteiger partial charge in [-0.15, -0.1) is 0 Å². The zero-order valence-corrected chi connectivity index (χ0v) is 13.0. The molecule has 0 bridgehead atoms. The number of rotatable bonds is 3. The van der Waals surface area contributed by atoms with Crippen molar-refractivity contribution in [3.63, 3.8) is 0 Å². The molecular weight excluding hydrogens is 270 g/mol. The third-order valence-electron chi connectivity index (χ3n) is 3.25. The summed E-state index contributed by atoms with van der Waals surface area (Å²) in [4.78, 5) is 18.5. The topological polar surface area (TPSA) is 77.7 Å². The van der Waals surface area contributed by atoms with E-state index in [1.54, 1.807) is 19.2 Å². The molecule has 6 heteroatoms. The first kappa shape index (κ1) is 15.6. The van der Waals surface area contributed by atoms with Crippen LogP contribution < -0.4 is 10.6 Å². The standard InChI is InChI=1S/C15H23N3O3/c1-5-20-14(19)12-6-11(16)7-17-13(12)18-8-10(2)21-15(3,4)9-18/h6-7,10H,5,8-9,16H2,1-4H3. The minimum Gasteiger partial charge on any atom is -0.462 e. The Kier molecular flexibility index (Phi) is 4.37. The lowest BCUT2D eigenvalue weighted by Crippen LogP contribution is -2.52. The van der Waals surface area contributed by atoms with Crippen LogP contribution >= 0.6 is 0 Å². The molecule has 2 N–H and O–H groups in total. The SMILES string of the molecule is CCOC(=O)c1cc(N)cnc1N1CC(C)OC(C)(C)C1. The quantitative estimate of drug-likeness (QED) is 0.857. The van der Waals surface area contributed by atoms with Gasteiger partial charge in [-0.1, -0.05) is 0 Å². The van der Waals surface area contributed by atoms with Gasteiger partial charge >= 0.3 is 5.97 Å². The summed E-state index contributed by atoms with van der Waals surface area (Å²) in [5, 5.41) is 0. The monoisotopic (exact) mass is 293 g/mol. The Balaban J connectivity index is 2.36. The molecule has 1 unspecified atom stereocenters. The van der Waals surface area contributed by atoms with Gasteiger partial charge in [-0.3, -0.25) is 0 Å². The molecule has 1 saturated heterocycles. The molecule has 2 heterocycles. The van der Waals surface area contributed by atoms with Crippen LogP contribution in [0.2, 0.25) is 0 Å².